The number of piperazine rings is 1. The van der Waals surface area contributed by atoms with Crippen LogP contribution in [0.15, 0.2) is 42.5 Å². The summed E-state index contributed by atoms with van der Waals surface area (Å²) < 4.78 is 39.6. The Morgan fingerprint density at radius 3 is 2.44 bits per heavy atom. The van der Waals surface area contributed by atoms with Crippen molar-refractivity contribution in [1.29, 1.82) is 0 Å². The maximum Gasteiger partial charge on any atom is 0.390 e. The van der Waals surface area contributed by atoms with Crippen molar-refractivity contribution < 1.29 is 13.2 Å². The summed E-state index contributed by atoms with van der Waals surface area (Å²) in [6.07, 6.45) is -4.16. The fourth-order valence-corrected chi connectivity index (χ4v) is 4.04. The molecule has 1 atom stereocenters. The molecule has 2 nitrogen and oxygen atoms in total. The predicted molar refractivity (Wildman–Crippen MR) is 92.5 cm³/mol. The van der Waals surface area contributed by atoms with E-state index >= 15 is 0 Å². The number of fused-ring (bicyclic) bond motifs is 3. The highest BCUT2D eigenvalue weighted by Gasteiger charge is 2.36. The molecule has 2 aliphatic rings. The molecule has 132 valence electrons. The molecule has 5 heteroatoms. The molecule has 1 saturated heterocycles. The predicted octanol–water partition coefficient (Wildman–Crippen LogP) is 4.16. The van der Waals surface area contributed by atoms with E-state index in [1.165, 1.54) is 11.1 Å². The molecule has 1 aliphatic carbocycles. The molecule has 1 fully saturated rings. The van der Waals surface area contributed by atoms with Crippen LogP contribution in [0.3, 0.4) is 0 Å². The van der Waals surface area contributed by atoms with Gasteiger partial charge in [-0.3, -0.25) is 4.90 Å². The minimum absolute atomic E-state index is 0.601. The number of hydrogen-bond acceptors (Lipinski definition) is 2. The van der Waals surface area contributed by atoms with Crippen LogP contribution in [-0.4, -0.2) is 37.3 Å². The molecule has 2 aromatic rings. The molecule has 4 rings (SSSR count). The van der Waals surface area contributed by atoms with E-state index in [4.69, 9.17) is 0 Å². The van der Waals surface area contributed by atoms with Crippen molar-refractivity contribution >= 4 is 0 Å². The summed E-state index contributed by atoms with van der Waals surface area (Å²) >= 11 is 0. The van der Waals surface area contributed by atoms with Gasteiger partial charge in [-0.05, 0) is 34.2 Å². The Hall–Kier alpha value is -1.85. The molecule has 1 N–H and O–H groups in total. The van der Waals surface area contributed by atoms with Gasteiger partial charge in [0, 0.05) is 32.2 Å². The van der Waals surface area contributed by atoms with Gasteiger partial charge in [0.05, 0.1) is 6.42 Å². The molecule has 1 aliphatic heterocycles. The van der Waals surface area contributed by atoms with Crippen molar-refractivity contribution in [3.05, 3.63) is 59.2 Å². The van der Waals surface area contributed by atoms with Crippen molar-refractivity contribution in [2.24, 2.45) is 0 Å². The van der Waals surface area contributed by atoms with E-state index in [2.05, 4.69) is 17.4 Å². The van der Waals surface area contributed by atoms with Gasteiger partial charge in [-0.1, -0.05) is 42.5 Å². The van der Waals surface area contributed by atoms with Gasteiger partial charge < -0.3 is 5.32 Å². The van der Waals surface area contributed by atoms with E-state index in [1.807, 2.05) is 35.2 Å². The summed E-state index contributed by atoms with van der Waals surface area (Å²) in [6, 6.07) is 13.5. The van der Waals surface area contributed by atoms with Crippen LogP contribution in [0.1, 0.15) is 29.2 Å². The highest BCUT2D eigenvalue weighted by atomic mass is 19.4. The average molecular weight is 346 g/mol. The zero-order valence-corrected chi connectivity index (χ0v) is 13.9. The van der Waals surface area contributed by atoms with Crippen LogP contribution in [0.2, 0.25) is 0 Å². The molecule has 0 spiro atoms. The molecule has 0 saturated carbocycles. The molecule has 0 radical (unpaired) electrons. The number of nitrogens with zero attached hydrogens (tertiary/aromatic N) is 1. The molecular weight excluding hydrogens is 325 g/mol. The first kappa shape index (κ1) is 16.6. The molecule has 0 unspecified atom stereocenters. The second-order valence-electron chi connectivity index (χ2n) is 6.87. The lowest BCUT2D eigenvalue weighted by Crippen LogP contribution is -2.46. The van der Waals surface area contributed by atoms with Crippen LogP contribution in [0.5, 0.6) is 0 Å². The SMILES string of the molecule is FC(F)(F)C[C@@H](c1ccc2c(c1)Cc1ccccc1-2)N1CCNCC1. The van der Waals surface area contributed by atoms with E-state index in [9.17, 15) is 13.2 Å². The number of hydrogen-bond donors (Lipinski definition) is 1. The Bertz CT molecular complexity index is 764. The molecule has 0 bridgehead atoms. The fraction of sp³-hybridized carbons (Fsp3) is 0.400. The standard InChI is InChI=1S/C20H21F3N2/c21-20(22,23)13-19(25-9-7-24-8-10-25)15-5-6-18-16(12-15)11-14-3-1-2-4-17(14)18/h1-6,12,19,24H,7-11,13H2/t19-/m0/s1. The summed E-state index contributed by atoms with van der Waals surface area (Å²) in [6.45, 7) is 2.78. The first-order valence-corrected chi connectivity index (χ1v) is 8.74. The van der Waals surface area contributed by atoms with Gasteiger partial charge in [0.1, 0.15) is 0 Å². The number of nitrogens with one attached hydrogen (secondary N) is 1. The van der Waals surface area contributed by atoms with Crippen LogP contribution in [0.25, 0.3) is 11.1 Å². The van der Waals surface area contributed by atoms with Crippen LogP contribution >= 0.6 is 0 Å². The fourth-order valence-electron chi connectivity index (χ4n) is 4.04. The molecule has 1 heterocycles. The maximum absolute atomic E-state index is 13.2. The van der Waals surface area contributed by atoms with Gasteiger partial charge in [0.2, 0.25) is 0 Å². The van der Waals surface area contributed by atoms with Gasteiger partial charge >= 0.3 is 6.18 Å². The summed E-state index contributed by atoms with van der Waals surface area (Å²) in [5.74, 6) is 0. The highest BCUT2D eigenvalue weighted by Crippen LogP contribution is 2.40. The average Bonchev–Trinajstić information content (AvgIpc) is 2.97. The van der Waals surface area contributed by atoms with E-state index in [1.54, 1.807) is 0 Å². The summed E-state index contributed by atoms with van der Waals surface area (Å²) in [5.41, 5.74) is 5.54. The first-order chi connectivity index (χ1) is 12.0. The third-order valence-corrected chi connectivity index (χ3v) is 5.22. The minimum Gasteiger partial charge on any atom is -0.314 e. The highest BCUT2D eigenvalue weighted by molar-refractivity contribution is 5.77. The van der Waals surface area contributed by atoms with Crippen LogP contribution in [-0.2, 0) is 6.42 Å². The monoisotopic (exact) mass is 346 g/mol. The van der Waals surface area contributed by atoms with Crippen molar-refractivity contribution in [3.8, 4) is 11.1 Å². The number of benzene rings is 2. The van der Waals surface area contributed by atoms with E-state index < -0.39 is 18.6 Å². The van der Waals surface area contributed by atoms with Crippen LogP contribution < -0.4 is 5.32 Å². The number of halogens is 3. The van der Waals surface area contributed by atoms with Crippen molar-refractivity contribution in [2.75, 3.05) is 26.2 Å². The van der Waals surface area contributed by atoms with Crippen molar-refractivity contribution in [3.63, 3.8) is 0 Å². The molecule has 0 amide bonds. The van der Waals surface area contributed by atoms with Gasteiger partial charge in [0.25, 0.3) is 0 Å². The minimum atomic E-state index is -4.17. The third kappa shape index (κ3) is 3.44. The topological polar surface area (TPSA) is 15.3 Å². The molecular formula is C20H21F3N2. The molecule has 25 heavy (non-hydrogen) atoms. The largest absolute Gasteiger partial charge is 0.390 e. The second kappa shape index (κ2) is 6.46. The number of alkyl halides is 3. The van der Waals surface area contributed by atoms with Crippen LogP contribution in [0, 0.1) is 0 Å². The zero-order chi connectivity index (χ0) is 17.4. The van der Waals surface area contributed by atoms with E-state index in [0.29, 0.717) is 13.1 Å². The Balaban J connectivity index is 1.67. The molecule has 2 aromatic carbocycles. The van der Waals surface area contributed by atoms with E-state index in [0.717, 1.165) is 36.2 Å². The normalized spacial score (nSPS) is 18.7. The number of rotatable bonds is 3. The lowest BCUT2D eigenvalue weighted by Gasteiger charge is -2.36. The lowest BCUT2D eigenvalue weighted by molar-refractivity contribution is -0.148. The Morgan fingerprint density at radius 1 is 0.960 bits per heavy atom. The Kier molecular flexibility index (Phi) is 4.29. The van der Waals surface area contributed by atoms with Gasteiger partial charge in [0.15, 0.2) is 0 Å². The van der Waals surface area contributed by atoms with Gasteiger partial charge in [-0.25, -0.2) is 0 Å². The summed E-state index contributed by atoms with van der Waals surface area (Å²) in [5, 5.41) is 3.21. The Labute approximate surface area is 145 Å². The quantitative estimate of drug-likeness (QED) is 0.766. The zero-order valence-electron chi connectivity index (χ0n) is 13.9. The second-order valence-corrected chi connectivity index (χ2v) is 6.87. The maximum atomic E-state index is 13.2. The Morgan fingerprint density at radius 2 is 1.68 bits per heavy atom. The van der Waals surface area contributed by atoms with E-state index in [-0.39, 0.29) is 0 Å². The first-order valence-electron chi connectivity index (χ1n) is 8.74. The lowest BCUT2D eigenvalue weighted by atomic mass is 9.96. The molecule has 0 aromatic heterocycles. The smallest absolute Gasteiger partial charge is 0.314 e. The third-order valence-electron chi connectivity index (χ3n) is 5.22. The van der Waals surface area contributed by atoms with Crippen LogP contribution in [0.4, 0.5) is 13.2 Å². The van der Waals surface area contributed by atoms with Crippen molar-refractivity contribution in [1.82, 2.24) is 10.2 Å². The van der Waals surface area contributed by atoms with Gasteiger partial charge in [-0.2, -0.15) is 13.2 Å². The van der Waals surface area contributed by atoms with Gasteiger partial charge in [-0.15, -0.1) is 0 Å². The summed E-state index contributed by atoms with van der Waals surface area (Å²) in [7, 11) is 0. The van der Waals surface area contributed by atoms with Crippen molar-refractivity contribution in [2.45, 2.75) is 25.1 Å². The summed E-state index contributed by atoms with van der Waals surface area (Å²) in [4.78, 5) is 1.97.